The van der Waals surface area contributed by atoms with Gasteiger partial charge in [-0.05, 0) is 30.5 Å². The minimum atomic E-state index is -3.21. The van der Waals surface area contributed by atoms with E-state index in [-0.39, 0.29) is 12.1 Å². The molecule has 0 spiro atoms. The molecular formula is C15H23N3O4S. The quantitative estimate of drug-likeness (QED) is 0.834. The third-order valence-corrected chi connectivity index (χ3v) is 5.07. The third-order valence-electron chi connectivity index (χ3n) is 3.80. The van der Waals surface area contributed by atoms with Gasteiger partial charge in [0.1, 0.15) is 5.75 Å². The highest BCUT2D eigenvalue weighted by atomic mass is 32.2. The van der Waals surface area contributed by atoms with E-state index in [0.717, 1.165) is 24.2 Å². The van der Waals surface area contributed by atoms with Gasteiger partial charge in [0, 0.05) is 25.7 Å². The molecule has 0 saturated carbocycles. The molecule has 0 aliphatic carbocycles. The molecular weight excluding hydrogens is 318 g/mol. The van der Waals surface area contributed by atoms with Gasteiger partial charge in [0.25, 0.3) is 0 Å². The second kappa shape index (κ2) is 7.65. The van der Waals surface area contributed by atoms with Gasteiger partial charge in [-0.15, -0.1) is 0 Å². The molecule has 2 N–H and O–H groups in total. The van der Waals surface area contributed by atoms with E-state index in [4.69, 9.17) is 4.74 Å². The number of nitrogens with zero attached hydrogens (tertiary/aromatic N) is 1. The Morgan fingerprint density at radius 3 is 2.65 bits per heavy atom. The van der Waals surface area contributed by atoms with Crippen LogP contribution in [0.4, 0.5) is 4.79 Å². The topological polar surface area (TPSA) is 87.7 Å². The summed E-state index contributed by atoms with van der Waals surface area (Å²) < 4.78 is 29.6. The number of urea groups is 1. The molecule has 7 nitrogen and oxygen atoms in total. The number of amides is 2. The molecule has 1 aliphatic rings. The first kappa shape index (κ1) is 17.6. The molecule has 0 radical (unpaired) electrons. The molecule has 8 heteroatoms. The maximum atomic E-state index is 11.9. The fourth-order valence-corrected chi connectivity index (χ4v) is 3.44. The highest BCUT2D eigenvalue weighted by Gasteiger charge is 2.26. The summed E-state index contributed by atoms with van der Waals surface area (Å²) >= 11 is 0. The van der Waals surface area contributed by atoms with E-state index in [1.807, 2.05) is 24.3 Å². The highest BCUT2D eigenvalue weighted by Crippen LogP contribution is 2.13. The second-order valence-corrected chi connectivity index (χ2v) is 7.62. The van der Waals surface area contributed by atoms with Gasteiger partial charge in [-0.25, -0.2) is 17.5 Å². The van der Waals surface area contributed by atoms with E-state index in [1.165, 1.54) is 10.6 Å². The first-order chi connectivity index (χ1) is 10.9. The molecule has 1 aliphatic heterocycles. The van der Waals surface area contributed by atoms with Gasteiger partial charge in [-0.1, -0.05) is 12.1 Å². The first-order valence-corrected chi connectivity index (χ1v) is 9.36. The fraction of sp³-hybridized carbons (Fsp3) is 0.533. The molecule has 0 bridgehead atoms. The Morgan fingerprint density at radius 1 is 1.35 bits per heavy atom. The van der Waals surface area contributed by atoms with E-state index < -0.39 is 10.0 Å². The summed E-state index contributed by atoms with van der Waals surface area (Å²) in [6, 6.07) is 6.98. The number of carbonyl (C=O) groups excluding carboxylic acids is 1. The molecule has 1 aromatic carbocycles. The molecule has 128 valence electrons. The van der Waals surface area contributed by atoms with Gasteiger partial charge in [0.15, 0.2) is 0 Å². The minimum Gasteiger partial charge on any atom is -0.497 e. The molecule has 1 saturated heterocycles. The molecule has 1 heterocycles. The summed E-state index contributed by atoms with van der Waals surface area (Å²) in [5, 5.41) is 5.61. The Hall–Kier alpha value is -1.80. The van der Waals surface area contributed by atoms with Gasteiger partial charge in [-0.2, -0.15) is 0 Å². The largest absolute Gasteiger partial charge is 0.497 e. The molecule has 1 atom stereocenters. The number of carbonyl (C=O) groups is 1. The van der Waals surface area contributed by atoms with Crippen LogP contribution in [0.2, 0.25) is 0 Å². The van der Waals surface area contributed by atoms with Gasteiger partial charge in [0.2, 0.25) is 10.0 Å². The van der Waals surface area contributed by atoms with Crippen LogP contribution in [0.1, 0.15) is 18.4 Å². The number of piperidine rings is 1. The Balaban J connectivity index is 1.80. The summed E-state index contributed by atoms with van der Waals surface area (Å²) in [5.74, 6) is 0.765. The lowest BCUT2D eigenvalue weighted by molar-refractivity contribution is 0.225. The molecule has 2 rings (SSSR count). The van der Waals surface area contributed by atoms with Crippen molar-refractivity contribution in [1.29, 1.82) is 0 Å². The van der Waals surface area contributed by atoms with Gasteiger partial charge >= 0.3 is 6.03 Å². The monoisotopic (exact) mass is 341 g/mol. The van der Waals surface area contributed by atoms with Crippen molar-refractivity contribution in [3.05, 3.63) is 29.8 Å². The molecule has 23 heavy (non-hydrogen) atoms. The lowest BCUT2D eigenvalue weighted by atomic mass is 10.1. The predicted octanol–water partition coefficient (Wildman–Crippen LogP) is 0.918. The predicted molar refractivity (Wildman–Crippen MR) is 87.8 cm³/mol. The number of rotatable bonds is 5. The first-order valence-electron chi connectivity index (χ1n) is 7.51. The normalized spacial score (nSPS) is 19.1. The number of hydrogen-bond acceptors (Lipinski definition) is 4. The Morgan fingerprint density at radius 2 is 2.04 bits per heavy atom. The van der Waals surface area contributed by atoms with Crippen molar-refractivity contribution in [3.63, 3.8) is 0 Å². The maximum absolute atomic E-state index is 11.9. The second-order valence-electron chi connectivity index (χ2n) is 5.64. The van der Waals surface area contributed by atoms with Crippen LogP contribution >= 0.6 is 0 Å². The van der Waals surface area contributed by atoms with E-state index in [9.17, 15) is 13.2 Å². The van der Waals surface area contributed by atoms with Crippen LogP contribution < -0.4 is 15.4 Å². The van der Waals surface area contributed by atoms with Crippen LogP contribution in [0.25, 0.3) is 0 Å². The SMILES string of the molecule is COc1ccc(CNC(=O)NC2CCCN(S(C)(=O)=O)C2)cc1. The summed E-state index contributed by atoms with van der Waals surface area (Å²) in [4.78, 5) is 11.9. The van der Waals surface area contributed by atoms with Gasteiger partial charge in [-0.3, -0.25) is 0 Å². The molecule has 2 amide bonds. The number of nitrogens with one attached hydrogen (secondary N) is 2. The lowest BCUT2D eigenvalue weighted by Gasteiger charge is -2.31. The maximum Gasteiger partial charge on any atom is 0.315 e. The average Bonchev–Trinajstić information content (AvgIpc) is 2.53. The van der Waals surface area contributed by atoms with E-state index >= 15 is 0 Å². The smallest absolute Gasteiger partial charge is 0.315 e. The van der Waals surface area contributed by atoms with E-state index in [2.05, 4.69) is 10.6 Å². The summed E-state index contributed by atoms with van der Waals surface area (Å²) in [7, 11) is -1.60. The van der Waals surface area contributed by atoms with Crippen molar-refractivity contribution in [2.75, 3.05) is 26.5 Å². The summed E-state index contributed by atoms with van der Waals surface area (Å²) in [5.41, 5.74) is 0.961. The van der Waals surface area contributed by atoms with Crippen molar-refractivity contribution in [1.82, 2.24) is 14.9 Å². The minimum absolute atomic E-state index is 0.158. The van der Waals surface area contributed by atoms with E-state index in [0.29, 0.717) is 19.6 Å². The molecule has 1 unspecified atom stereocenters. The molecule has 1 fully saturated rings. The van der Waals surface area contributed by atoms with Crippen LogP contribution in [-0.4, -0.2) is 51.3 Å². The van der Waals surface area contributed by atoms with Gasteiger partial charge < -0.3 is 15.4 Å². The van der Waals surface area contributed by atoms with Crippen molar-refractivity contribution >= 4 is 16.1 Å². The number of hydrogen-bond donors (Lipinski definition) is 2. The number of methoxy groups -OCH3 is 1. The highest BCUT2D eigenvalue weighted by molar-refractivity contribution is 7.88. The fourth-order valence-electron chi connectivity index (χ4n) is 2.52. The average molecular weight is 341 g/mol. The van der Waals surface area contributed by atoms with Crippen molar-refractivity contribution in [3.8, 4) is 5.75 Å². The van der Waals surface area contributed by atoms with Crippen LogP contribution in [0.5, 0.6) is 5.75 Å². The van der Waals surface area contributed by atoms with Crippen LogP contribution in [0, 0.1) is 0 Å². The van der Waals surface area contributed by atoms with Crippen LogP contribution in [-0.2, 0) is 16.6 Å². The van der Waals surface area contributed by atoms with Crippen molar-refractivity contribution in [2.24, 2.45) is 0 Å². The number of benzene rings is 1. The third kappa shape index (κ3) is 5.40. The Labute approximate surface area is 137 Å². The lowest BCUT2D eigenvalue weighted by Crippen LogP contribution is -2.51. The van der Waals surface area contributed by atoms with Crippen molar-refractivity contribution < 1.29 is 17.9 Å². The Kier molecular flexibility index (Phi) is 5.84. The van der Waals surface area contributed by atoms with Crippen molar-refractivity contribution in [2.45, 2.75) is 25.4 Å². The summed E-state index contributed by atoms with van der Waals surface area (Å²) in [6.07, 6.45) is 2.72. The summed E-state index contributed by atoms with van der Waals surface area (Å²) in [6.45, 7) is 1.25. The zero-order chi connectivity index (χ0) is 16.9. The van der Waals surface area contributed by atoms with E-state index in [1.54, 1.807) is 7.11 Å². The van der Waals surface area contributed by atoms with Crippen LogP contribution in [0.15, 0.2) is 24.3 Å². The number of sulfonamides is 1. The molecule has 0 aromatic heterocycles. The number of ether oxygens (including phenoxy) is 1. The van der Waals surface area contributed by atoms with Crippen LogP contribution in [0.3, 0.4) is 0 Å². The standard InChI is InChI=1S/C15H23N3O4S/c1-22-14-7-5-12(6-8-14)10-16-15(19)17-13-4-3-9-18(11-13)23(2,20)21/h5-8,13H,3-4,9-11H2,1-2H3,(H2,16,17,19). The molecule has 1 aromatic rings. The Bertz CT molecular complexity index is 631. The zero-order valence-corrected chi connectivity index (χ0v) is 14.2. The van der Waals surface area contributed by atoms with Gasteiger partial charge in [0.05, 0.1) is 13.4 Å². The zero-order valence-electron chi connectivity index (χ0n) is 13.4.